The zero-order chi connectivity index (χ0) is 16.7. The van der Waals surface area contributed by atoms with Gasteiger partial charge in [-0.25, -0.2) is 5.10 Å². The zero-order valence-electron chi connectivity index (χ0n) is 13.1. The van der Waals surface area contributed by atoms with Crippen LogP contribution in [-0.2, 0) is 16.1 Å². The maximum Gasteiger partial charge on any atom is 0.246 e. The average Bonchev–Trinajstić information content (AvgIpc) is 2.94. The van der Waals surface area contributed by atoms with Crippen molar-refractivity contribution >= 4 is 34.7 Å². The highest BCUT2D eigenvalue weighted by Crippen LogP contribution is 2.15. The Kier molecular flexibility index (Phi) is 6.16. The van der Waals surface area contributed by atoms with Gasteiger partial charge in [-0.15, -0.1) is 5.10 Å². The number of amides is 1. The van der Waals surface area contributed by atoms with Crippen molar-refractivity contribution in [1.82, 2.24) is 15.2 Å². The molecule has 0 atom stereocenters. The van der Waals surface area contributed by atoms with Crippen LogP contribution < -0.4 is 10.2 Å². The Morgan fingerprint density at radius 3 is 2.65 bits per heavy atom. The molecule has 0 aliphatic rings. The number of nitrogens with one attached hydrogen (secondary N) is 2. The zero-order valence-corrected chi connectivity index (χ0v) is 13.9. The minimum atomic E-state index is -0.213. The lowest BCUT2D eigenvalue weighted by atomic mass is 10.2. The number of hydrogen-bond donors (Lipinski definition) is 2. The fraction of sp³-hybridized carbons (Fsp3) is 0.333. The van der Waals surface area contributed by atoms with E-state index in [1.807, 2.05) is 35.2 Å². The molecule has 0 aliphatic carbocycles. The van der Waals surface area contributed by atoms with Crippen LogP contribution in [0.4, 0.5) is 11.9 Å². The number of carbonyl (C=O) groups excluding carboxylic acids is 2. The molecule has 0 unspecified atom stereocenters. The van der Waals surface area contributed by atoms with E-state index < -0.39 is 0 Å². The van der Waals surface area contributed by atoms with E-state index >= 15 is 0 Å². The standard InChI is InChI=1S/C15H19N5O2S/c1-11(21)16-14-17-15(19-18-14)20(8-9-23-12(2)22)10-13-6-4-3-5-7-13/h3-7H,8-10H2,1-2H3,(H2,16,17,18,19,21). The highest BCUT2D eigenvalue weighted by Gasteiger charge is 2.14. The summed E-state index contributed by atoms with van der Waals surface area (Å²) < 4.78 is 0. The van der Waals surface area contributed by atoms with Crippen LogP contribution in [0.3, 0.4) is 0 Å². The quantitative estimate of drug-likeness (QED) is 0.806. The molecule has 0 bridgehead atoms. The largest absolute Gasteiger partial charge is 0.334 e. The van der Waals surface area contributed by atoms with Gasteiger partial charge in [-0.3, -0.25) is 14.9 Å². The Bertz CT molecular complexity index is 659. The average molecular weight is 333 g/mol. The van der Waals surface area contributed by atoms with E-state index in [1.165, 1.54) is 18.7 Å². The minimum absolute atomic E-state index is 0.0820. The number of anilines is 2. The topological polar surface area (TPSA) is 91.0 Å². The molecule has 2 N–H and O–H groups in total. The van der Waals surface area contributed by atoms with E-state index in [0.717, 1.165) is 5.56 Å². The number of H-pyrrole nitrogens is 1. The number of nitrogens with zero attached hydrogens (tertiary/aromatic N) is 3. The summed E-state index contributed by atoms with van der Waals surface area (Å²) in [6.45, 7) is 4.20. The third-order valence-corrected chi connectivity index (χ3v) is 3.73. The van der Waals surface area contributed by atoms with Crippen molar-refractivity contribution in [2.45, 2.75) is 20.4 Å². The van der Waals surface area contributed by atoms with Gasteiger partial charge in [0.25, 0.3) is 0 Å². The van der Waals surface area contributed by atoms with E-state index in [2.05, 4.69) is 20.5 Å². The van der Waals surface area contributed by atoms with Crippen molar-refractivity contribution in [2.75, 3.05) is 22.5 Å². The summed E-state index contributed by atoms with van der Waals surface area (Å²) in [5.41, 5.74) is 1.12. The van der Waals surface area contributed by atoms with E-state index in [0.29, 0.717) is 30.7 Å². The van der Waals surface area contributed by atoms with Gasteiger partial charge in [0, 0.05) is 32.7 Å². The summed E-state index contributed by atoms with van der Waals surface area (Å²) in [6, 6.07) is 9.94. The fourth-order valence-electron chi connectivity index (χ4n) is 1.97. The molecule has 122 valence electrons. The molecule has 2 rings (SSSR count). The Hall–Kier alpha value is -2.35. The molecule has 23 heavy (non-hydrogen) atoms. The summed E-state index contributed by atoms with van der Waals surface area (Å²) in [5, 5.41) is 9.48. The summed E-state index contributed by atoms with van der Waals surface area (Å²) in [7, 11) is 0. The normalized spacial score (nSPS) is 10.3. The fourth-order valence-corrected chi connectivity index (χ4v) is 2.57. The van der Waals surface area contributed by atoms with Gasteiger partial charge < -0.3 is 4.90 Å². The van der Waals surface area contributed by atoms with Gasteiger partial charge in [0.1, 0.15) is 0 Å². The number of benzene rings is 1. The molecule has 0 radical (unpaired) electrons. The van der Waals surface area contributed by atoms with Crippen molar-refractivity contribution in [3.8, 4) is 0 Å². The van der Waals surface area contributed by atoms with E-state index in [1.54, 1.807) is 6.92 Å². The number of thioether (sulfide) groups is 1. The second kappa shape index (κ2) is 8.33. The first-order valence-electron chi connectivity index (χ1n) is 7.17. The number of hydrogen-bond acceptors (Lipinski definition) is 6. The first-order valence-corrected chi connectivity index (χ1v) is 8.15. The third kappa shape index (κ3) is 5.74. The van der Waals surface area contributed by atoms with Gasteiger partial charge in [0.2, 0.25) is 17.8 Å². The van der Waals surface area contributed by atoms with Crippen molar-refractivity contribution < 1.29 is 9.59 Å². The van der Waals surface area contributed by atoms with Crippen molar-refractivity contribution in [3.05, 3.63) is 35.9 Å². The second-order valence-corrected chi connectivity index (χ2v) is 6.18. The van der Waals surface area contributed by atoms with Gasteiger partial charge in [-0.05, 0) is 5.56 Å². The third-order valence-electron chi connectivity index (χ3n) is 2.93. The molecule has 1 heterocycles. The number of carbonyl (C=O) groups is 2. The van der Waals surface area contributed by atoms with E-state index in [4.69, 9.17) is 0 Å². The van der Waals surface area contributed by atoms with Crippen LogP contribution >= 0.6 is 11.8 Å². The number of aromatic nitrogens is 3. The van der Waals surface area contributed by atoms with Crippen LogP contribution in [0, 0.1) is 0 Å². The van der Waals surface area contributed by atoms with Crippen molar-refractivity contribution in [3.63, 3.8) is 0 Å². The van der Waals surface area contributed by atoms with Crippen LogP contribution in [0.15, 0.2) is 30.3 Å². The SMILES string of the molecule is CC(=O)Nc1nc(N(CCSC(C)=O)Cc2ccccc2)n[nH]1. The maximum absolute atomic E-state index is 11.1. The molecule has 1 amide bonds. The Labute approximate surface area is 138 Å². The second-order valence-electron chi connectivity index (χ2n) is 4.91. The lowest BCUT2D eigenvalue weighted by Gasteiger charge is -2.20. The highest BCUT2D eigenvalue weighted by atomic mass is 32.2. The lowest BCUT2D eigenvalue weighted by molar-refractivity contribution is -0.114. The molecular weight excluding hydrogens is 314 g/mol. The summed E-state index contributed by atoms with van der Waals surface area (Å²) >= 11 is 1.27. The van der Waals surface area contributed by atoms with E-state index in [-0.39, 0.29) is 11.0 Å². The highest BCUT2D eigenvalue weighted by molar-refractivity contribution is 8.13. The van der Waals surface area contributed by atoms with E-state index in [9.17, 15) is 9.59 Å². The molecule has 7 nitrogen and oxygen atoms in total. The molecule has 0 saturated heterocycles. The summed E-state index contributed by atoms with van der Waals surface area (Å²) in [4.78, 5) is 28.4. The predicted molar refractivity (Wildman–Crippen MR) is 91.3 cm³/mol. The minimum Gasteiger partial charge on any atom is -0.334 e. The number of rotatable bonds is 7. The first-order chi connectivity index (χ1) is 11.0. The first kappa shape index (κ1) is 17.0. The molecule has 0 aliphatic heterocycles. The van der Waals surface area contributed by atoms with Gasteiger partial charge in [0.15, 0.2) is 5.12 Å². The van der Waals surface area contributed by atoms with Gasteiger partial charge in [0.05, 0.1) is 0 Å². The molecule has 0 spiro atoms. The molecule has 0 saturated carbocycles. The molecule has 1 aromatic carbocycles. The van der Waals surface area contributed by atoms with Crippen LogP contribution in [-0.4, -0.2) is 38.5 Å². The molecule has 2 aromatic rings. The predicted octanol–water partition coefficient (Wildman–Crippen LogP) is 2.05. The van der Waals surface area contributed by atoms with Gasteiger partial charge in [-0.2, -0.15) is 4.98 Å². The molecule has 8 heteroatoms. The lowest BCUT2D eigenvalue weighted by Crippen LogP contribution is -2.26. The maximum atomic E-state index is 11.1. The molecule has 0 fully saturated rings. The van der Waals surface area contributed by atoms with Crippen LogP contribution in [0.25, 0.3) is 0 Å². The smallest absolute Gasteiger partial charge is 0.246 e. The Morgan fingerprint density at radius 1 is 1.26 bits per heavy atom. The molecular formula is C15H19N5O2S. The summed E-state index contributed by atoms with van der Waals surface area (Å²) in [5.74, 6) is 1.23. The Morgan fingerprint density at radius 2 is 2.00 bits per heavy atom. The van der Waals surface area contributed by atoms with Crippen molar-refractivity contribution in [1.29, 1.82) is 0 Å². The van der Waals surface area contributed by atoms with Crippen LogP contribution in [0.2, 0.25) is 0 Å². The van der Waals surface area contributed by atoms with Crippen molar-refractivity contribution in [2.24, 2.45) is 0 Å². The monoisotopic (exact) mass is 333 g/mol. The molecule has 1 aromatic heterocycles. The van der Waals surface area contributed by atoms with Crippen LogP contribution in [0.5, 0.6) is 0 Å². The number of aromatic amines is 1. The van der Waals surface area contributed by atoms with Gasteiger partial charge >= 0.3 is 0 Å². The van der Waals surface area contributed by atoms with Gasteiger partial charge in [-0.1, -0.05) is 42.1 Å². The summed E-state index contributed by atoms with van der Waals surface area (Å²) in [6.07, 6.45) is 0. The van der Waals surface area contributed by atoms with Crippen LogP contribution in [0.1, 0.15) is 19.4 Å². The Balaban J connectivity index is 2.09.